The summed E-state index contributed by atoms with van der Waals surface area (Å²) in [6.45, 7) is 4.98. The van der Waals surface area contributed by atoms with Gasteiger partial charge in [0.05, 0.1) is 0 Å². The van der Waals surface area contributed by atoms with Crippen LogP contribution in [0.2, 0.25) is 0 Å². The number of anilines is 3. The van der Waals surface area contributed by atoms with Gasteiger partial charge in [0.25, 0.3) is 0 Å². The molecule has 106 valence electrons. The minimum Gasteiger partial charge on any atom is -0.399 e. The van der Waals surface area contributed by atoms with Gasteiger partial charge in [0, 0.05) is 44.3 Å². The summed E-state index contributed by atoms with van der Waals surface area (Å²) in [6, 6.07) is 14.0. The first-order chi connectivity index (χ1) is 9.70. The summed E-state index contributed by atoms with van der Waals surface area (Å²) in [5.41, 5.74) is 7.69. The molecular formula is C16H22N4. The minimum atomic E-state index is 0.797. The standard InChI is InChI=1S/C16H22N4/c1-3-20(16-6-4-5-11-18-16)13-12-19(2)15-9-7-14(17)8-10-15/h4-11H,3,12-13,17H2,1-2H3. The van der Waals surface area contributed by atoms with E-state index < -0.39 is 0 Å². The zero-order valence-corrected chi connectivity index (χ0v) is 12.2. The van der Waals surface area contributed by atoms with Crippen LogP contribution in [0.15, 0.2) is 48.7 Å². The van der Waals surface area contributed by atoms with Crippen LogP contribution in [0.1, 0.15) is 6.92 Å². The van der Waals surface area contributed by atoms with Crippen molar-refractivity contribution in [1.82, 2.24) is 4.98 Å². The van der Waals surface area contributed by atoms with Gasteiger partial charge in [0.1, 0.15) is 5.82 Å². The normalized spacial score (nSPS) is 10.3. The van der Waals surface area contributed by atoms with Gasteiger partial charge in [-0.3, -0.25) is 0 Å². The van der Waals surface area contributed by atoms with E-state index in [1.54, 1.807) is 0 Å². The van der Waals surface area contributed by atoms with E-state index in [0.717, 1.165) is 31.1 Å². The smallest absolute Gasteiger partial charge is 0.128 e. The highest BCUT2D eigenvalue weighted by atomic mass is 15.2. The van der Waals surface area contributed by atoms with Gasteiger partial charge >= 0.3 is 0 Å². The van der Waals surface area contributed by atoms with E-state index in [1.807, 2.05) is 48.7 Å². The van der Waals surface area contributed by atoms with Gasteiger partial charge in [-0.1, -0.05) is 6.07 Å². The van der Waals surface area contributed by atoms with Gasteiger partial charge < -0.3 is 15.5 Å². The van der Waals surface area contributed by atoms with Crippen molar-refractivity contribution in [2.75, 3.05) is 42.2 Å². The first-order valence-corrected chi connectivity index (χ1v) is 6.93. The maximum absolute atomic E-state index is 5.71. The lowest BCUT2D eigenvalue weighted by Gasteiger charge is -2.26. The second kappa shape index (κ2) is 6.80. The Bertz CT molecular complexity index is 510. The number of nitrogens with zero attached hydrogens (tertiary/aromatic N) is 3. The van der Waals surface area contributed by atoms with E-state index >= 15 is 0 Å². The van der Waals surface area contributed by atoms with Gasteiger partial charge in [0.2, 0.25) is 0 Å². The van der Waals surface area contributed by atoms with E-state index in [1.165, 1.54) is 5.69 Å². The topological polar surface area (TPSA) is 45.4 Å². The molecule has 0 saturated carbocycles. The maximum atomic E-state index is 5.71. The van der Waals surface area contributed by atoms with Crippen LogP contribution in [0.25, 0.3) is 0 Å². The third-order valence-corrected chi connectivity index (χ3v) is 3.39. The van der Waals surface area contributed by atoms with E-state index in [0.29, 0.717) is 0 Å². The molecule has 0 spiro atoms. The molecule has 4 nitrogen and oxygen atoms in total. The zero-order valence-electron chi connectivity index (χ0n) is 12.2. The van der Waals surface area contributed by atoms with Crippen molar-refractivity contribution in [3.8, 4) is 0 Å². The second-order valence-corrected chi connectivity index (χ2v) is 4.78. The van der Waals surface area contributed by atoms with Crippen LogP contribution in [0.5, 0.6) is 0 Å². The van der Waals surface area contributed by atoms with Crippen LogP contribution in [0, 0.1) is 0 Å². The molecule has 0 atom stereocenters. The van der Waals surface area contributed by atoms with Crippen molar-refractivity contribution in [2.45, 2.75) is 6.92 Å². The van der Waals surface area contributed by atoms with Crippen molar-refractivity contribution >= 4 is 17.2 Å². The Labute approximate surface area is 120 Å². The summed E-state index contributed by atoms with van der Waals surface area (Å²) in [7, 11) is 2.10. The molecule has 0 aliphatic heterocycles. The Balaban J connectivity index is 1.94. The third-order valence-electron chi connectivity index (χ3n) is 3.39. The Morgan fingerprint density at radius 1 is 1.05 bits per heavy atom. The van der Waals surface area contributed by atoms with Crippen molar-refractivity contribution in [3.63, 3.8) is 0 Å². The number of benzene rings is 1. The molecule has 4 heteroatoms. The molecule has 1 aromatic carbocycles. The van der Waals surface area contributed by atoms with Gasteiger partial charge in [0.15, 0.2) is 0 Å². The molecule has 0 saturated heterocycles. The number of nitrogens with two attached hydrogens (primary N) is 1. The summed E-state index contributed by atoms with van der Waals surface area (Å²) in [4.78, 5) is 8.90. The average Bonchev–Trinajstić information content (AvgIpc) is 2.49. The molecule has 0 bridgehead atoms. The van der Waals surface area contributed by atoms with Crippen LogP contribution in [-0.4, -0.2) is 31.7 Å². The highest BCUT2D eigenvalue weighted by Crippen LogP contribution is 2.15. The van der Waals surface area contributed by atoms with Crippen LogP contribution in [-0.2, 0) is 0 Å². The number of hydrogen-bond acceptors (Lipinski definition) is 4. The molecule has 0 fully saturated rings. The maximum Gasteiger partial charge on any atom is 0.128 e. The van der Waals surface area contributed by atoms with Gasteiger partial charge in [-0.25, -0.2) is 4.98 Å². The lowest BCUT2D eigenvalue weighted by Crippen LogP contribution is -2.33. The second-order valence-electron chi connectivity index (χ2n) is 4.78. The van der Waals surface area contributed by atoms with Crippen molar-refractivity contribution in [3.05, 3.63) is 48.7 Å². The molecule has 20 heavy (non-hydrogen) atoms. The van der Waals surface area contributed by atoms with Crippen molar-refractivity contribution < 1.29 is 0 Å². The van der Waals surface area contributed by atoms with Crippen LogP contribution in [0.3, 0.4) is 0 Å². The van der Waals surface area contributed by atoms with Gasteiger partial charge in [-0.15, -0.1) is 0 Å². The van der Waals surface area contributed by atoms with Crippen molar-refractivity contribution in [2.24, 2.45) is 0 Å². The molecule has 0 radical (unpaired) electrons. The number of hydrogen-bond donors (Lipinski definition) is 1. The average molecular weight is 270 g/mol. The Morgan fingerprint density at radius 2 is 1.80 bits per heavy atom. The molecule has 0 aliphatic carbocycles. The summed E-state index contributed by atoms with van der Waals surface area (Å²) in [5.74, 6) is 1.03. The Hall–Kier alpha value is -2.23. The summed E-state index contributed by atoms with van der Waals surface area (Å²) in [5, 5.41) is 0. The van der Waals surface area contributed by atoms with Crippen molar-refractivity contribution in [1.29, 1.82) is 0 Å². The molecular weight excluding hydrogens is 248 g/mol. The zero-order chi connectivity index (χ0) is 14.4. The first-order valence-electron chi connectivity index (χ1n) is 6.93. The monoisotopic (exact) mass is 270 g/mol. The number of nitrogen functional groups attached to an aromatic ring is 1. The fourth-order valence-electron chi connectivity index (χ4n) is 2.10. The van der Waals surface area contributed by atoms with E-state index in [9.17, 15) is 0 Å². The highest BCUT2D eigenvalue weighted by molar-refractivity contribution is 5.52. The first kappa shape index (κ1) is 14.2. The van der Waals surface area contributed by atoms with Crippen LogP contribution in [0.4, 0.5) is 17.2 Å². The highest BCUT2D eigenvalue weighted by Gasteiger charge is 2.07. The predicted octanol–water partition coefficient (Wildman–Crippen LogP) is 2.63. The number of pyridine rings is 1. The van der Waals surface area contributed by atoms with E-state index in [2.05, 4.69) is 28.8 Å². The molecule has 0 unspecified atom stereocenters. The molecule has 0 aliphatic rings. The molecule has 0 amide bonds. The summed E-state index contributed by atoms with van der Waals surface area (Å²) in [6.07, 6.45) is 1.84. The SMILES string of the molecule is CCN(CCN(C)c1ccc(N)cc1)c1ccccn1. The fraction of sp³-hybridized carbons (Fsp3) is 0.312. The number of aromatic nitrogens is 1. The van der Waals surface area contributed by atoms with Crippen LogP contribution >= 0.6 is 0 Å². The van der Waals surface area contributed by atoms with Gasteiger partial charge in [-0.05, 0) is 43.3 Å². The number of likely N-dealkylation sites (N-methyl/N-ethyl adjacent to an activating group) is 2. The molecule has 1 heterocycles. The predicted molar refractivity (Wildman–Crippen MR) is 86.2 cm³/mol. The third kappa shape index (κ3) is 3.63. The molecule has 1 aromatic heterocycles. The Morgan fingerprint density at radius 3 is 2.40 bits per heavy atom. The fourth-order valence-corrected chi connectivity index (χ4v) is 2.10. The largest absolute Gasteiger partial charge is 0.399 e. The number of rotatable bonds is 6. The Kier molecular flexibility index (Phi) is 4.82. The lowest BCUT2D eigenvalue weighted by molar-refractivity contribution is 0.774. The lowest BCUT2D eigenvalue weighted by atomic mass is 10.2. The summed E-state index contributed by atoms with van der Waals surface area (Å²) >= 11 is 0. The van der Waals surface area contributed by atoms with Crippen LogP contribution < -0.4 is 15.5 Å². The molecule has 2 N–H and O–H groups in total. The van der Waals surface area contributed by atoms with E-state index in [-0.39, 0.29) is 0 Å². The molecule has 2 aromatic rings. The minimum absolute atomic E-state index is 0.797. The summed E-state index contributed by atoms with van der Waals surface area (Å²) < 4.78 is 0. The van der Waals surface area contributed by atoms with E-state index in [4.69, 9.17) is 5.73 Å². The molecule has 2 rings (SSSR count). The quantitative estimate of drug-likeness (QED) is 0.820. The van der Waals surface area contributed by atoms with Gasteiger partial charge in [-0.2, -0.15) is 0 Å².